The van der Waals surface area contributed by atoms with E-state index in [2.05, 4.69) is 15.5 Å². The molecule has 0 bridgehead atoms. The zero-order valence-corrected chi connectivity index (χ0v) is 16.5. The Morgan fingerprint density at radius 3 is 2.71 bits per heavy atom. The van der Waals surface area contributed by atoms with E-state index in [0.29, 0.717) is 17.0 Å². The molecule has 0 aliphatic carbocycles. The Kier molecular flexibility index (Phi) is 7.54. The summed E-state index contributed by atoms with van der Waals surface area (Å²) < 4.78 is 36.8. The lowest BCUT2D eigenvalue weighted by Crippen LogP contribution is -2.38. The smallest absolute Gasteiger partial charge is 0.290 e. The van der Waals surface area contributed by atoms with Crippen molar-refractivity contribution in [3.8, 4) is 10.6 Å². The van der Waals surface area contributed by atoms with Gasteiger partial charge in [-0.25, -0.2) is 12.8 Å². The number of nitrogens with one attached hydrogen (secondary N) is 1. The first-order chi connectivity index (χ1) is 13.3. The summed E-state index contributed by atoms with van der Waals surface area (Å²) in [6.07, 6.45) is 0.530. The molecule has 1 amide bonds. The summed E-state index contributed by atoms with van der Waals surface area (Å²) in [5, 5.41) is 17.9. The number of amides is 1. The minimum absolute atomic E-state index is 0.0504. The lowest BCUT2D eigenvalue weighted by atomic mass is 10.2. The molecule has 1 aliphatic rings. The fraction of sp³-hybridized carbons (Fsp3) is 0.375. The quantitative estimate of drug-likeness (QED) is 0.675. The lowest BCUT2D eigenvalue weighted by molar-refractivity contribution is -0.123. The molecule has 1 aliphatic heterocycles. The first-order valence-electron chi connectivity index (χ1n) is 8.12. The number of rotatable bonds is 5. The van der Waals surface area contributed by atoms with E-state index in [4.69, 9.17) is 9.90 Å². The van der Waals surface area contributed by atoms with Crippen LogP contribution in [0.25, 0.3) is 10.6 Å². The molecule has 1 unspecified atom stereocenters. The number of hydrogen-bond acceptors (Lipinski definition) is 8. The second-order valence-corrected chi connectivity index (χ2v) is 9.22. The van der Waals surface area contributed by atoms with E-state index in [0.717, 1.165) is 11.3 Å². The maximum absolute atomic E-state index is 13.8. The molecule has 1 fully saturated rings. The second-order valence-electron chi connectivity index (χ2n) is 6.02. The Morgan fingerprint density at radius 1 is 1.43 bits per heavy atom. The van der Waals surface area contributed by atoms with E-state index in [-0.39, 0.29) is 41.6 Å². The summed E-state index contributed by atoms with van der Waals surface area (Å²) in [4.78, 5) is 22.2. The Labute approximate surface area is 165 Å². The van der Waals surface area contributed by atoms with Gasteiger partial charge in [-0.1, -0.05) is 23.5 Å². The fourth-order valence-corrected chi connectivity index (χ4v) is 5.25. The van der Waals surface area contributed by atoms with Crippen molar-refractivity contribution in [2.24, 2.45) is 0 Å². The average molecular weight is 430 g/mol. The van der Waals surface area contributed by atoms with Crippen LogP contribution in [0.2, 0.25) is 0 Å². The van der Waals surface area contributed by atoms with Gasteiger partial charge in [0.1, 0.15) is 5.82 Å². The molecule has 2 aromatic rings. The summed E-state index contributed by atoms with van der Waals surface area (Å²) in [6, 6.07) is 6.05. The topological polar surface area (TPSA) is 130 Å². The van der Waals surface area contributed by atoms with Crippen LogP contribution in [0.3, 0.4) is 0 Å². The predicted octanol–water partition coefficient (Wildman–Crippen LogP) is 1.10. The maximum atomic E-state index is 13.8. The van der Waals surface area contributed by atoms with Crippen LogP contribution in [-0.4, -0.2) is 72.1 Å². The van der Waals surface area contributed by atoms with Crippen LogP contribution in [-0.2, 0) is 19.4 Å². The van der Waals surface area contributed by atoms with Gasteiger partial charge >= 0.3 is 0 Å². The van der Waals surface area contributed by atoms with Gasteiger partial charge in [0.2, 0.25) is 11.0 Å². The van der Waals surface area contributed by atoms with Crippen LogP contribution in [0.5, 0.6) is 0 Å². The molecule has 2 N–H and O–H groups in total. The van der Waals surface area contributed by atoms with Gasteiger partial charge in [0.15, 0.2) is 14.8 Å². The number of hydrogen-bond donors (Lipinski definition) is 2. The zero-order chi connectivity index (χ0) is 20.7. The van der Waals surface area contributed by atoms with Gasteiger partial charge in [-0.05, 0) is 25.6 Å². The number of anilines is 1. The standard InChI is InChI=1S/C15H17FN4O3S2.CH2O2/c1-20(10-6-7-25(22,23)9-10)8-13(21)17-15-19-18-14(24-15)11-4-2-3-5-12(11)16;2-1-3/h2-5,10H,6-9H2,1H3,(H,17,19,21);1H,(H,2,3). The fourth-order valence-electron chi connectivity index (χ4n) is 2.65. The molecular formula is C16H19FN4O5S2. The highest BCUT2D eigenvalue weighted by molar-refractivity contribution is 7.91. The van der Waals surface area contributed by atoms with Crippen LogP contribution in [0.4, 0.5) is 9.52 Å². The van der Waals surface area contributed by atoms with Crippen molar-refractivity contribution in [2.75, 3.05) is 30.4 Å². The van der Waals surface area contributed by atoms with Gasteiger partial charge in [0, 0.05) is 11.6 Å². The molecule has 0 radical (unpaired) electrons. The third-order valence-corrected chi connectivity index (χ3v) is 6.62. The first kappa shape index (κ1) is 21.9. The Morgan fingerprint density at radius 2 is 2.11 bits per heavy atom. The number of carboxylic acid groups (broad SMARTS) is 1. The van der Waals surface area contributed by atoms with Gasteiger partial charge in [-0.15, -0.1) is 10.2 Å². The molecule has 0 saturated carbocycles. The summed E-state index contributed by atoms with van der Waals surface area (Å²) in [6.45, 7) is -0.200. The first-order valence-corrected chi connectivity index (χ1v) is 10.8. The predicted molar refractivity (Wildman–Crippen MR) is 102 cm³/mol. The van der Waals surface area contributed by atoms with Crippen LogP contribution in [0.1, 0.15) is 6.42 Å². The van der Waals surface area contributed by atoms with Crippen molar-refractivity contribution in [3.05, 3.63) is 30.1 Å². The Bertz CT molecular complexity index is 935. The van der Waals surface area contributed by atoms with Crippen LogP contribution in [0, 0.1) is 5.82 Å². The number of carbonyl (C=O) groups excluding carboxylic acids is 1. The van der Waals surface area contributed by atoms with Crippen molar-refractivity contribution in [1.29, 1.82) is 0 Å². The van der Waals surface area contributed by atoms with E-state index in [1.807, 2.05) is 0 Å². The van der Waals surface area contributed by atoms with Crippen LogP contribution < -0.4 is 5.32 Å². The van der Waals surface area contributed by atoms with Crippen molar-refractivity contribution in [3.63, 3.8) is 0 Å². The summed E-state index contributed by atoms with van der Waals surface area (Å²) in [5.74, 6) is -0.485. The summed E-state index contributed by atoms with van der Waals surface area (Å²) in [7, 11) is -1.28. The summed E-state index contributed by atoms with van der Waals surface area (Å²) in [5.41, 5.74) is 0.328. The molecule has 9 nitrogen and oxygen atoms in total. The molecule has 3 rings (SSSR count). The Balaban J connectivity index is 0.000000878. The van der Waals surface area contributed by atoms with Gasteiger partial charge in [0.05, 0.1) is 18.1 Å². The van der Waals surface area contributed by atoms with Gasteiger partial charge in [-0.3, -0.25) is 19.8 Å². The van der Waals surface area contributed by atoms with Crippen molar-refractivity contribution < 1.29 is 27.5 Å². The number of likely N-dealkylation sites (N-methyl/N-ethyl adjacent to an activating group) is 1. The highest BCUT2D eigenvalue weighted by atomic mass is 32.2. The maximum Gasteiger partial charge on any atom is 0.290 e. The molecule has 1 saturated heterocycles. The average Bonchev–Trinajstić information content (AvgIpc) is 3.22. The van der Waals surface area contributed by atoms with E-state index in [9.17, 15) is 17.6 Å². The second kappa shape index (κ2) is 9.66. The SMILES string of the molecule is CN(CC(=O)Nc1nnc(-c2ccccc2F)s1)C1CCS(=O)(=O)C1.O=CO. The number of carbonyl (C=O) groups is 2. The van der Waals surface area contributed by atoms with Gasteiger partial charge in [0.25, 0.3) is 6.47 Å². The molecule has 1 atom stereocenters. The summed E-state index contributed by atoms with van der Waals surface area (Å²) >= 11 is 1.08. The van der Waals surface area contributed by atoms with Crippen LogP contribution >= 0.6 is 11.3 Å². The zero-order valence-electron chi connectivity index (χ0n) is 14.9. The number of benzene rings is 1. The Hall–Kier alpha value is -2.44. The van der Waals surface area contributed by atoms with Crippen molar-refractivity contribution in [1.82, 2.24) is 15.1 Å². The third kappa shape index (κ3) is 6.04. The van der Waals surface area contributed by atoms with E-state index in [1.165, 1.54) is 6.07 Å². The number of halogens is 1. The minimum Gasteiger partial charge on any atom is -0.483 e. The van der Waals surface area contributed by atoms with Crippen molar-refractivity contribution in [2.45, 2.75) is 12.5 Å². The van der Waals surface area contributed by atoms with Crippen molar-refractivity contribution >= 4 is 38.7 Å². The number of nitrogens with zero attached hydrogens (tertiary/aromatic N) is 3. The number of sulfone groups is 1. The van der Waals surface area contributed by atoms with Gasteiger partial charge < -0.3 is 5.11 Å². The molecule has 1 aromatic heterocycles. The molecule has 28 heavy (non-hydrogen) atoms. The van der Waals surface area contributed by atoms with E-state index >= 15 is 0 Å². The highest BCUT2D eigenvalue weighted by Crippen LogP contribution is 2.28. The lowest BCUT2D eigenvalue weighted by Gasteiger charge is -2.21. The largest absolute Gasteiger partial charge is 0.483 e. The highest BCUT2D eigenvalue weighted by Gasteiger charge is 2.31. The van der Waals surface area contributed by atoms with Crippen LogP contribution in [0.15, 0.2) is 24.3 Å². The molecule has 0 spiro atoms. The molecule has 12 heteroatoms. The molecular weight excluding hydrogens is 411 g/mol. The normalized spacial score (nSPS) is 17.6. The third-order valence-electron chi connectivity index (χ3n) is 4.00. The monoisotopic (exact) mass is 430 g/mol. The van der Waals surface area contributed by atoms with E-state index < -0.39 is 15.7 Å². The minimum atomic E-state index is -3.00. The van der Waals surface area contributed by atoms with E-state index in [1.54, 1.807) is 30.1 Å². The van der Waals surface area contributed by atoms with Gasteiger partial charge in [-0.2, -0.15) is 0 Å². The molecule has 152 valence electrons. The number of aromatic nitrogens is 2. The molecule has 1 aromatic carbocycles. The molecule has 2 heterocycles.